The Hall–Kier alpha value is -2.29. The first-order valence-corrected chi connectivity index (χ1v) is 9.72. The van der Waals surface area contributed by atoms with Crippen LogP contribution in [0.2, 0.25) is 0 Å². The van der Waals surface area contributed by atoms with Gasteiger partial charge in [-0.25, -0.2) is 0 Å². The second kappa shape index (κ2) is 9.02. The van der Waals surface area contributed by atoms with E-state index in [-0.39, 0.29) is 48.3 Å². The summed E-state index contributed by atoms with van der Waals surface area (Å²) in [6, 6.07) is 3.00. The van der Waals surface area contributed by atoms with Crippen molar-refractivity contribution in [2.24, 2.45) is 11.8 Å². The first kappa shape index (κ1) is 21.4. The second-order valence-electron chi connectivity index (χ2n) is 7.41. The van der Waals surface area contributed by atoms with Crippen LogP contribution >= 0.6 is 0 Å². The van der Waals surface area contributed by atoms with Crippen LogP contribution in [0.25, 0.3) is 0 Å². The summed E-state index contributed by atoms with van der Waals surface area (Å²) in [5.41, 5.74) is -0.880. The molecule has 0 spiro atoms. The largest absolute Gasteiger partial charge is 0.489 e. The Morgan fingerprint density at radius 3 is 2.38 bits per heavy atom. The molecule has 1 heterocycles. The summed E-state index contributed by atoms with van der Waals surface area (Å²) in [4.78, 5) is 26.6. The van der Waals surface area contributed by atoms with Gasteiger partial charge in [0.1, 0.15) is 12.4 Å². The lowest BCUT2D eigenvalue weighted by Gasteiger charge is -2.31. The van der Waals surface area contributed by atoms with E-state index in [1.165, 1.54) is 13.2 Å². The van der Waals surface area contributed by atoms with Gasteiger partial charge in [0.15, 0.2) is 0 Å². The summed E-state index contributed by atoms with van der Waals surface area (Å²) >= 11 is 0. The highest BCUT2D eigenvalue weighted by Gasteiger charge is 2.36. The number of nitrogens with one attached hydrogen (secondary N) is 1. The van der Waals surface area contributed by atoms with E-state index in [0.29, 0.717) is 25.9 Å². The molecule has 1 saturated carbocycles. The van der Waals surface area contributed by atoms with Crippen molar-refractivity contribution in [1.82, 2.24) is 4.90 Å². The third-order valence-electron chi connectivity index (χ3n) is 5.21. The standard InChI is InChI=1S/C20H25F3N2O4/c1-28-10-11-29-17-5-4-15(20(21,22)23)12-16(17)24-18(26)13-6-8-25(9-7-13)19(27)14-2-3-14/h4-5,12-14H,2-3,6-11H2,1H3,(H,24,26). The number of benzene rings is 1. The molecule has 6 nitrogen and oxygen atoms in total. The first-order valence-electron chi connectivity index (χ1n) is 9.72. The molecule has 1 saturated heterocycles. The minimum Gasteiger partial charge on any atom is -0.489 e. The summed E-state index contributed by atoms with van der Waals surface area (Å²) in [6.45, 7) is 1.40. The van der Waals surface area contributed by atoms with E-state index in [9.17, 15) is 22.8 Å². The number of methoxy groups -OCH3 is 1. The molecule has 0 aromatic heterocycles. The third-order valence-corrected chi connectivity index (χ3v) is 5.21. The Morgan fingerprint density at radius 1 is 1.10 bits per heavy atom. The van der Waals surface area contributed by atoms with E-state index in [0.717, 1.165) is 25.0 Å². The molecule has 1 aromatic carbocycles. The molecular formula is C20H25F3N2O4. The highest BCUT2D eigenvalue weighted by atomic mass is 19.4. The number of hydrogen-bond acceptors (Lipinski definition) is 4. The van der Waals surface area contributed by atoms with Crippen molar-refractivity contribution in [3.05, 3.63) is 23.8 Å². The van der Waals surface area contributed by atoms with E-state index < -0.39 is 11.7 Å². The van der Waals surface area contributed by atoms with Crippen molar-refractivity contribution in [3.63, 3.8) is 0 Å². The monoisotopic (exact) mass is 414 g/mol. The Balaban J connectivity index is 1.65. The fourth-order valence-electron chi connectivity index (χ4n) is 3.35. The topological polar surface area (TPSA) is 67.9 Å². The van der Waals surface area contributed by atoms with Gasteiger partial charge < -0.3 is 19.7 Å². The molecule has 2 fully saturated rings. The number of nitrogens with zero attached hydrogens (tertiary/aromatic N) is 1. The van der Waals surface area contributed by atoms with Crippen molar-refractivity contribution in [1.29, 1.82) is 0 Å². The average molecular weight is 414 g/mol. The molecule has 3 rings (SSSR count). The van der Waals surface area contributed by atoms with E-state index in [1.807, 2.05) is 0 Å². The summed E-state index contributed by atoms with van der Waals surface area (Å²) in [5.74, 6) is -0.281. The van der Waals surface area contributed by atoms with Crippen molar-refractivity contribution >= 4 is 17.5 Å². The zero-order valence-corrected chi connectivity index (χ0v) is 16.3. The zero-order chi connectivity index (χ0) is 21.0. The molecule has 1 aliphatic heterocycles. The minimum absolute atomic E-state index is 0.0163. The maximum atomic E-state index is 13.1. The number of ether oxygens (including phenoxy) is 2. The third kappa shape index (κ3) is 5.62. The van der Waals surface area contributed by atoms with E-state index >= 15 is 0 Å². The van der Waals surface area contributed by atoms with Crippen LogP contribution < -0.4 is 10.1 Å². The van der Waals surface area contributed by atoms with Crippen LogP contribution in [0.15, 0.2) is 18.2 Å². The van der Waals surface area contributed by atoms with Gasteiger partial charge in [0.25, 0.3) is 0 Å². The molecular weight excluding hydrogens is 389 g/mol. The van der Waals surface area contributed by atoms with Crippen LogP contribution in [0.4, 0.5) is 18.9 Å². The van der Waals surface area contributed by atoms with Gasteiger partial charge in [0.05, 0.1) is 17.9 Å². The first-order chi connectivity index (χ1) is 13.8. The molecule has 0 atom stereocenters. The quantitative estimate of drug-likeness (QED) is 0.695. The Bertz CT molecular complexity index is 742. The Kier molecular flexibility index (Phi) is 6.66. The van der Waals surface area contributed by atoms with Crippen LogP contribution in [0, 0.1) is 11.8 Å². The fourth-order valence-corrected chi connectivity index (χ4v) is 3.35. The van der Waals surface area contributed by atoms with Gasteiger partial charge in [-0.15, -0.1) is 0 Å². The summed E-state index contributed by atoms with van der Waals surface area (Å²) in [7, 11) is 1.49. The summed E-state index contributed by atoms with van der Waals surface area (Å²) in [6.07, 6.45) is -1.69. The maximum absolute atomic E-state index is 13.1. The number of alkyl halides is 3. The van der Waals surface area contributed by atoms with Gasteiger partial charge in [-0.1, -0.05) is 0 Å². The number of anilines is 1. The van der Waals surface area contributed by atoms with Crippen molar-refractivity contribution in [2.45, 2.75) is 31.9 Å². The lowest BCUT2D eigenvalue weighted by atomic mass is 9.95. The van der Waals surface area contributed by atoms with E-state index in [2.05, 4.69) is 5.32 Å². The SMILES string of the molecule is COCCOc1ccc(C(F)(F)F)cc1NC(=O)C1CCN(C(=O)C2CC2)CC1. The van der Waals surface area contributed by atoms with Crippen LogP contribution in [0.5, 0.6) is 5.75 Å². The molecule has 0 radical (unpaired) electrons. The predicted molar refractivity (Wildman–Crippen MR) is 99.5 cm³/mol. The van der Waals surface area contributed by atoms with Gasteiger partial charge in [-0.05, 0) is 43.9 Å². The lowest BCUT2D eigenvalue weighted by Crippen LogP contribution is -2.42. The Morgan fingerprint density at radius 2 is 1.79 bits per heavy atom. The molecule has 29 heavy (non-hydrogen) atoms. The van der Waals surface area contributed by atoms with Gasteiger partial charge in [-0.2, -0.15) is 13.2 Å². The number of likely N-dealkylation sites (tertiary alicyclic amines) is 1. The van der Waals surface area contributed by atoms with Gasteiger partial charge in [0.2, 0.25) is 11.8 Å². The molecule has 0 unspecified atom stereocenters. The average Bonchev–Trinajstić information content (AvgIpc) is 3.53. The molecule has 2 amide bonds. The van der Waals surface area contributed by atoms with Gasteiger partial charge in [-0.3, -0.25) is 9.59 Å². The molecule has 0 bridgehead atoms. The second-order valence-corrected chi connectivity index (χ2v) is 7.41. The van der Waals surface area contributed by atoms with Crippen molar-refractivity contribution in [2.75, 3.05) is 38.7 Å². The van der Waals surface area contributed by atoms with Gasteiger partial charge in [0, 0.05) is 32.0 Å². The minimum atomic E-state index is -4.53. The molecule has 2 aliphatic rings. The number of amides is 2. The lowest BCUT2D eigenvalue weighted by molar-refractivity contribution is -0.137. The van der Waals surface area contributed by atoms with Crippen LogP contribution in [-0.2, 0) is 20.5 Å². The predicted octanol–water partition coefficient (Wildman–Crippen LogP) is 3.32. The summed E-state index contributed by atoms with van der Waals surface area (Å²) in [5, 5.41) is 2.59. The number of halogens is 3. The molecule has 160 valence electrons. The van der Waals surface area contributed by atoms with Gasteiger partial charge >= 0.3 is 6.18 Å². The van der Waals surface area contributed by atoms with Crippen LogP contribution in [0.1, 0.15) is 31.2 Å². The highest BCUT2D eigenvalue weighted by Crippen LogP contribution is 2.36. The number of piperidine rings is 1. The number of hydrogen-bond donors (Lipinski definition) is 1. The van der Waals surface area contributed by atoms with Crippen LogP contribution in [0.3, 0.4) is 0 Å². The zero-order valence-electron chi connectivity index (χ0n) is 16.3. The number of carbonyl (C=O) groups is 2. The Labute approximate surface area is 167 Å². The van der Waals surface area contributed by atoms with Crippen molar-refractivity contribution < 1.29 is 32.2 Å². The summed E-state index contributed by atoms with van der Waals surface area (Å²) < 4.78 is 49.6. The normalized spacial score (nSPS) is 17.9. The fraction of sp³-hybridized carbons (Fsp3) is 0.600. The molecule has 1 aromatic rings. The van der Waals surface area contributed by atoms with E-state index in [1.54, 1.807) is 4.90 Å². The number of carbonyl (C=O) groups excluding carboxylic acids is 2. The molecule has 1 aliphatic carbocycles. The smallest absolute Gasteiger partial charge is 0.416 e. The molecule has 9 heteroatoms. The number of rotatable bonds is 7. The van der Waals surface area contributed by atoms with E-state index in [4.69, 9.17) is 9.47 Å². The maximum Gasteiger partial charge on any atom is 0.416 e. The highest BCUT2D eigenvalue weighted by molar-refractivity contribution is 5.94. The van der Waals surface area contributed by atoms with Crippen LogP contribution in [-0.4, -0.2) is 50.1 Å². The van der Waals surface area contributed by atoms with Crippen molar-refractivity contribution in [3.8, 4) is 5.75 Å². The molecule has 1 N–H and O–H groups in total.